The highest BCUT2D eigenvalue weighted by Crippen LogP contribution is 2.31. The first-order valence-electron chi connectivity index (χ1n) is 11.3. The minimum Gasteiger partial charge on any atom is -0.380 e. The first-order valence-corrected chi connectivity index (χ1v) is 11.3. The fourth-order valence-electron chi connectivity index (χ4n) is 3.47. The molecule has 0 aromatic rings. The quantitative estimate of drug-likeness (QED) is 0.245. The van der Waals surface area contributed by atoms with Gasteiger partial charge in [-0.2, -0.15) is 0 Å². The van der Waals surface area contributed by atoms with Crippen LogP contribution in [-0.4, -0.2) is 37.9 Å². The molecular weight excluding hydrogens is 326 g/mol. The Hall–Kier alpha value is -0.610. The predicted molar refractivity (Wildman–Crippen MR) is 108 cm³/mol. The molecule has 1 N–H and O–H groups in total. The van der Waals surface area contributed by atoms with Gasteiger partial charge in [0.15, 0.2) is 0 Å². The van der Waals surface area contributed by atoms with Gasteiger partial charge in [0.2, 0.25) is 5.91 Å². The number of hydrogen-bond donors (Lipinski definition) is 1. The summed E-state index contributed by atoms with van der Waals surface area (Å²) in [6, 6.07) is 0. The molecule has 0 aromatic heterocycles. The molecule has 1 rings (SSSR count). The Balaban J connectivity index is 1.77. The molecule has 1 amide bonds. The van der Waals surface area contributed by atoms with Crippen molar-refractivity contribution in [1.29, 1.82) is 0 Å². The molecule has 0 aliphatic carbocycles. The van der Waals surface area contributed by atoms with Crippen molar-refractivity contribution in [1.82, 2.24) is 5.32 Å². The van der Waals surface area contributed by atoms with Gasteiger partial charge in [-0.1, -0.05) is 71.1 Å². The Labute approximate surface area is 161 Å². The van der Waals surface area contributed by atoms with E-state index in [4.69, 9.17) is 9.47 Å². The summed E-state index contributed by atoms with van der Waals surface area (Å²) in [7, 11) is 0. The third kappa shape index (κ3) is 13.6. The second kappa shape index (κ2) is 16.6. The van der Waals surface area contributed by atoms with E-state index in [0.717, 1.165) is 12.8 Å². The lowest BCUT2D eigenvalue weighted by atomic mass is 10.0. The maximum absolute atomic E-state index is 11.6. The monoisotopic (exact) mass is 369 g/mol. The van der Waals surface area contributed by atoms with Crippen LogP contribution in [0, 0.1) is 0 Å². The lowest BCUT2D eigenvalue weighted by Crippen LogP contribution is -2.26. The highest BCUT2D eigenvalue weighted by Gasteiger charge is 2.36. The first-order chi connectivity index (χ1) is 12.8. The van der Waals surface area contributed by atoms with E-state index in [1.54, 1.807) is 0 Å². The van der Waals surface area contributed by atoms with E-state index in [2.05, 4.69) is 12.2 Å². The van der Waals surface area contributed by atoms with Gasteiger partial charge < -0.3 is 14.8 Å². The molecular formula is C22H43NO3. The summed E-state index contributed by atoms with van der Waals surface area (Å²) < 4.78 is 11.0. The molecule has 2 atom stereocenters. The second-order valence-corrected chi connectivity index (χ2v) is 7.62. The molecule has 0 bridgehead atoms. The van der Waals surface area contributed by atoms with Gasteiger partial charge in [-0.25, -0.2) is 0 Å². The summed E-state index contributed by atoms with van der Waals surface area (Å²) in [5.74, 6) is 0.161. The zero-order chi connectivity index (χ0) is 18.9. The van der Waals surface area contributed by atoms with E-state index in [1.807, 2.05) is 6.92 Å². The predicted octanol–water partition coefficient (Wildman–Crippen LogP) is 5.39. The lowest BCUT2D eigenvalue weighted by molar-refractivity contribution is -0.121. The van der Waals surface area contributed by atoms with Gasteiger partial charge in [-0.15, -0.1) is 0 Å². The van der Waals surface area contributed by atoms with Crippen LogP contribution in [0.2, 0.25) is 0 Å². The smallest absolute Gasteiger partial charge is 0.220 e. The number of hydrogen-bond acceptors (Lipinski definition) is 3. The van der Waals surface area contributed by atoms with E-state index in [9.17, 15) is 4.79 Å². The van der Waals surface area contributed by atoms with Crippen LogP contribution in [-0.2, 0) is 14.3 Å². The van der Waals surface area contributed by atoms with Crippen molar-refractivity contribution in [3.8, 4) is 0 Å². The SMILES string of the molecule is CCCCCCCC[C@@H]1O[C@H]1CCCCCCCC(=O)NCCOCC. The third-order valence-electron chi connectivity index (χ3n) is 5.20. The summed E-state index contributed by atoms with van der Waals surface area (Å²) in [6.45, 7) is 6.19. The number of nitrogens with one attached hydrogen (secondary N) is 1. The summed E-state index contributed by atoms with van der Waals surface area (Å²) in [6.07, 6.45) is 18.5. The van der Waals surface area contributed by atoms with Crippen LogP contribution < -0.4 is 5.32 Å². The molecule has 154 valence electrons. The molecule has 0 aromatic carbocycles. The Morgan fingerprint density at radius 1 is 0.846 bits per heavy atom. The maximum atomic E-state index is 11.6. The lowest BCUT2D eigenvalue weighted by Gasteiger charge is -2.05. The number of rotatable bonds is 19. The number of amides is 1. The maximum Gasteiger partial charge on any atom is 0.220 e. The van der Waals surface area contributed by atoms with Crippen LogP contribution in [0.4, 0.5) is 0 Å². The highest BCUT2D eigenvalue weighted by molar-refractivity contribution is 5.75. The number of ether oxygens (including phenoxy) is 2. The molecule has 1 aliphatic heterocycles. The number of unbranched alkanes of at least 4 members (excludes halogenated alkanes) is 9. The average Bonchev–Trinajstić information content (AvgIpc) is 3.39. The van der Waals surface area contributed by atoms with Gasteiger partial charge in [-0.3, -0.25) is 4.79 Å². The Kier molecular flexibility index (Phi) is 14.9. The van der Waals surface area contributed by atoms with Gasteiger partial charge in [0.05, 0.1) is 18.8 Å². The third-order valence-corrected chi connectivity index (χ3v) is 5.20. The second-order valence-electron chi connectivity index (χ2n) is 7.62. The van der Waals surface area contributed by atoms with Crippen molar-refractivity contribution >= 4 is 5.91 Å². The van der Waals surface area contributed by atoms with E-state index in [0.29, 0.717) is 38.4 Å². The van der Waals surface area contributed by atoms with Crippen LogP contribution in [0.25, 0.3) is 0 Å². The Morgan fingerprint density at radius 2 is 1.42 bits per heavy atom. The van der Waals surface area contributed by atoms with Gasteiger partial charge in [0.1, 0.15) is 0 Å². The summed E-state index contributed by atoms with van der Waals surface area (Å²) >= 11 is 0. The molecule has 1 aliphatic rings. The number of epoxide rings is 1. The van der Waals surface area contributed by atoms with Crippen LogP contribution in [0.3, 0.4) is 0 Å². The van der Waals surface area contributed by atoms with E-state index in [-0.39, 0.29) is 5.91 Å². The van der Waals surface area contributed by atoms with Gasteiger partial charge in [0, 0.05) is 19.6 Å². The van der Waals surface area contributed by atoms with Gasteiger partial charge in [-0.05, 0) is 26.2 Å². The van der Waals surface area contributed by atoms with Crippen LogP contribution in [0.15, 0.2) is 0 Å². The Morgan fingerprint density at radius 3 is 2.04 bits per heavy atom. The van der Waals surface area contributed by atoms with Crippen LogP contribution in [0.1, 0.15) is 104 Å². The van der Waals surface area contributed by atoms with Gasteiger partial charge >= 0.3 is 0 Å². The average molecular weight is 370 g/mol. The highest BCUT2D eigenvalue weighted by atomic mass is 16.6. The first kappa shape index (κ1) is 23.4. The van der Waals surface area contributed by atoms with Crippen molar-refractivity contribution in [3.63, 3.8) is 0 Å². The zero-order valence-corrected chi connectivity index (χ0v) is 17.4. The molecule has 1 heterocycles. The van der Waals surface area contributed by atoms with E-state index in [1.165, 1.54) is 70.6 Å². The van der Waals surface area contributed by atoms with Crippen LogP contribution >= 0.6 is 0 Å². The molecule has 0 spiro atoms. The van der Waals surface area contributed by atoms with Crippen molar-refractivity contribution < 1.29 is 14.3 Å². The summed E-state index contributed by atoms with van der Waals surface area (Å²) in [5.41, 5.74) is 0. The van der Waals surface area contributed by atoms with E-state index < -0.39 is 0 Å². The van der Waals surface area contributed by atoms with Crippen molar-refractivity contribution in [2.75, 3.05) is 19.8 Å². The van der Waals surface area contributed by atoms with Crippen molar-refractivity contribution in [3.05, 3.63) is 0 Å². The molecule has 1 fully saturated rings. The zero-order valence-electron chi connectivity index (χ0n) is 17.4. The van der Waals surface area contributed by atoms with Crippen molar-refractivity contribution in [2.45, 2.75) is 116 Å². The fourth-order valence-corrected chi connectivity index (χ4v) is 3.47. The topological polar surface area (TPSA) is 50.9 Å². The van der Waals surface area contributed by atoms with E-state index >= 15 is 0 Å². The fraction of sp³-hybridized carbons (Fsp3) is 0.955. The molecule has 0 unspecified atom stereocenters. The van der Waals surface area contributed by atoms with Crippen molar-refractivity contribution in [2.24, 2.45) is 0 Å². The number of carbonyl (C=O) groups is 1. The normalized spacial score (nSPS) is 18.8. The molecule has 0 saturated carbocycles. The minimum atomic E-state index is 0.161. The Bertz CT molecular complexity index is 335. The molecule has 4 heteroatoms. The standard InChI is InChI=1S/C22H43NO3/c1-3-5-6-7-9-12-15-20-21(26-20)16-13-10-8-11-14-17-22(24)23-18-19-25-4-2/h20-21H,3-19H2,1-2H3,(H,23,24)/t20-,21-/m0/s1. The van der Waals surface area contributed by atoms with Crippen LogP contribution in [0.5, 0.6) is 0 Å². The summed E-state index contributed by atoms with van der Waals surface area (Å²) in [4.78, 5) is 11.6. The molecule has 26 heavy (non-hydrogen) atoms. The summed E-state index contributed by atoms with van der Waals surface area (Å²) in [5, 5.41) is 2.90. The minimum absolute atomic E-state index is 0.161. The molecule has 0 radical (unpaired) electrons. The largest absolute Gasteiger partial charge is 0.380 e. The molecule has 4 nitrogen and oxygen atoms in total. The molecule has 1 saturated heterocycles. The number of carbonyl (C=O) groups excluding carboxylic acids is 1. The van der Waals surface area contributed by atoms with Gasteiger partial charge in [0.25, 0.3) is 0 Å².